The van der Waals surface area contributed by atoms with Gasteiger partial charge >= 0.3 is 11.8 Å². The third kappa shape index (κ3) is 10.7. The highest BCUT2D eigenvalue weighted by atomic mass is 16.8. The van der Waals surface area contributed by atoms with Gasteiger partial charge in [-0.2, -0.15) is 0 Å². The molecule has 2 aliphatic heterocycles. The van der Waals surface area contributed by atoms with Gasteiger partial charge in [-0.1, -0.05) is 84.0 Å². The van der Waals surface area contributed by atoms with Crippen LogP contribution in [0.3, 0.4) is 0 Å². The summed E-state index contributed by atoms with van der Waals surface area (Å²) in [5.41, 5.74) is 0. The van der Waals surface area contributed by atoms with E-state index in [-0.39, 0.29) is 12.8 Å². The molecule has 0 radical (unpaired) electrons. The first kappa shape index (κ1) is 42.0. The summed E-state index contributed by atoms with van der Waals surface area (Å²) in [4.78, 5) is 12.7. The number of unbranched alkanes of at least 4 members (excludes halogenated alkanes) is 11. The number of hydrogen-bond acceptors (Lipinski definition) is 17. The van der Waals surface area contributed by atoms with Crippen molar-refractivity contribution in [2.45, 2.75) is 163 Å². The SMILES string of the molecule is CCCCCCCCCCCCCCC(O)C(O)(O)C(O)(O)C(=O)OC[C@@]1(O[C@H]2O[C@H](CO)[C@@H](O)[C@H](O)[C@H]2O)O[C@H](CO)[C@@H](O)[C@@H]1O. The van der Waals surface area contributed by atoms with Crippen molar-refractivity contribution >= 4 is 5.97 Å². The summed E-state index contributed by atoms with van der Waals surface area (Å²) in [6, 6.07) is 0. The van der Waals surface area contributed by atoms with Gasteiger partial charge in [0.25, 0.3) is 5.79 Å². The first-order valence-electron chi connectivity index (χ1n) is 16.5. The Kier molecular flexibility index (Phi) is 17.3. The maximum Gasteiger partial charge on any atom is 0.372 e. The fourth-order valence-electron chi connectivity index (χ4n) is 5.65. The number of carbonyl (C=O) groups excluding carboxylic acids is 1. The molecule has 1 unspecified atom stereocenters. The first-order chi connectivity index (χ1) is 22.1. The van der Waals surface area contributed by atoms with Gasteiger partial charge in [0.15, 0.2) is 6.29 Å². The van der Waals surface area contributed by atoms with E-state index in [1.165, 1.54) is 38.5 Å². The van der Waals surface area contributed by atoms with Crippen molar-refractivity contribution in [3.63, 3.8) is 0 Å². The van der Waals surface area contributed by atoms with E-state index in [1.54, 1.807) is 0 Å². The molecular weight excluding hydrogens is 632 g/mol. The molecule has 0 amide bonds. The molecule has 17 heteroatoms. The van der Waals surface area contributed by atoms with E-state index < -0.39 is 98.3 Å². The van der Waals surface area contributed by atoms with Crippen LogP contribution in [0.2, 0.25) is 0 Å². The van der Waals surface area contributed by atoms with Gasteiger partial charge in [0.05, 0.1) is 13.2 Å². The maximum atomic E-state index is 12.7. The van der Waals surface area contributed by atoms with Crippen molar-refractivity contribution in [3.05, 3.63) is 0 Å². The third-order valence-corrected chi connectivity index (χ3v) is 8.85. The first-order valence-corrected chi connectivity index (χ1v) is 16.5. The molecule has 0 aliphatic carbocycles. The van der Waals surface area contributed by atoms with E-state index in [1.807, 2.05) is 0 Å². The molecule has 0 aromatic carbocycles. The number of aliphatic hydroxyl groups is 12. The maximum absolute atomic E-state index is 12.7. The zero-order valence-electron chi connectivity index (χ0n) is 26.9. The molecule has 0 aromatic heterocycles. The van der Waals surface area contributed by atoms with Crippen molar-refractivity contribution in [2.75, 3.05) is 19.8 Å². The lowest BCUT2D eigenvalue weighted by Crippen LogP contribution is -2.66. The van der Waals surface area contributed by atoms with Gasteiger partial charge < -0.3 is 80.2 Å². The van der Waals surface area contributed by atoms with Crippen molar-refractivity contribution in [2.24, 2.45) is 0 Å². The fraction of sp³-hybridized carbons (Fsp3) is 0.967. The Hall–Kier alpha value is -1.13. The normalized spacial score (nSPS) is 32.4. The van der Waals surface area contributed by atoms with Crippen molar-refractivity contribution in [1.29, 1.82) is 0 Å². The van der Waals surface area contributed by atoms with E-state index in [9.17, 15) is 66.1 Å². The number of ether oxygens (including phenoxy) is 4. The van der Waals surface area contributed by atoms with Gasteiger partial charge in [0.1, 0.15) is 55.4 Å². The minimum Gasteiger partial charge on any atom is -0.456 e. The summed E-state index contributed by atoms with van der Waals surface area (Å²) >= 11 is 0. The largest absolute Gasteiger partial charge is 0.456 e. The predicted octanol–water partition coefficient (Wildman–Crippen LogP) is -3.03. The molecule has 2 aliphatic rings. The van der Waals surface area contributed by atoms with E-state index >= 15 is 0 Å². The Morgan fingerprint density at radius 2 is 1.26 bits per heavy atom. The highest BCUT2D eigenvalue weighted by Gasteiger charge is 2.62. The molecule has 10 atom stereocenters. The fourth-order valence-corrected chi connectivity index (χ4v) is 5.65. The Morgan fingerprint density at radius 1 is 0.745 bits per heavy atom. The summed E-state index contributed by atoms with van der Waals surface area (Å²) in [5, 5.41) is 122. The average Bonchev–Trinajstić information content (AvgIpc) is 3.28. The third-order valence-electron chi connectivity index (χ3n) is 8.85. The molecule has 47 heavy (non-hydrogen) atoms. The minimum atomic E-state index is -4.15. The van der Waals surface area contributed by atoms with E-state index in [2.05, 4.69) is 6.92 Å². The molecule has 0 saturated carbocycles. The number of esters is 1. The lowest BCUT2D eigenvalue weighted by atomic mass is 9.95. The number of aliphatic hydroxyl groups excluding tert-OH is 8. The van der Waals surface area contributed by atoms with Crippen molar-refractivity contribution in [1.82, 2.24) is 0 Å². The van der Waals surface area contributed by atoms with Gasteiger partial charge in [-0.3, -0.25) is 0 Å². The Labute approximate surface area is 273 Å². The van der Waals surface area contributed by atoms with Gasteiger partial charge in [-0.25, -0.2) is 4.79 Å². The summed E-state index contributed by atoms with van der Waals surface area (Å²) in [6.07, 6.45) is -5.50. The number of hydrogen-bond donors (Lipinski definition) is 12. The number of rotatable bonds is 22. The quantitative estimate of drug-likeness (QED) is 0.0306. The van der Waals surface area contributed by atoms with Crippen LogP contribution in [-0.4, -0.2) is 160 Å². The molecule has 0 aromatic rings. The molecule has 17 nitrogen and oxygen atoms in total. The predicted molar refractivity (Wildman–Crippen MR) is 159 cm³/mol. The highest BCUT2D eigenvalue weighted by Crippen LogP contribution is 2.37. The summed E-state index contributed by atoms with van der Waals surface area (Å²) in [5.74, 6) is -12.9. The molecule has 0 bridgehead atoms. The molecule has 0 spiro atoms. The van der Waals surface area contributed by atoms with Gasteiger partial charge in [-0.15, -0.1) is 0 Å². The second kappa shape index (κ2) is 19.3. The molecule has 12 N–H and O–H groups in total. The zero-order valence-corrected chi connectivity index (χ0v) is 26.9. The van der Waals surface area contributed by atoms with Crippen LogP contribution in [0.1, 0.15) is 90.4 Å². The second-order valence-corrected chi connectivity index (χ2v) is 12.6. The molecule has 2 saturated heterocycles. The zero-order chi connectivity index (χ0) is 35.4. The minimum absolute atomic E-state index is 0.267. The van der Waals surface area contributed by atoms with Crippen LogP contribution in [-0.2, 0) is 23.7 Å². The standard InChI is InChI=1S/C30H56O17/c1-2-3-4-5-6-7-8-9-10-11-12-13-14-20(33)29(40,41)30(42,43)27(39)44-17-28(25(38)22(35)19(16-32)46-28)47-26-24(37)23(36)21(34)18(15-31)45-26/h18-26,31-38,40-43H,2-17H2,1H3/t18-,19-,20?,21-,22-,23+,24-,25+,26-,28+/m1/s1. The van der Waals surface area contributed by atoms with E-state index in [0.717, 1.165) is 25.7 Å². The van der Waals surface area contributed by atoms with Crippen LogP contribution in [0.4, 0.5) is 0 Å². The van der Waals surface area contributed by atoms with Gasteiger partial charge in [-0.05, 0) is 6.42 Å². The molecule has 278 valence electrons. The summed E-state index contributed by atoms with van der Waals surface area (Å²) < 4.78 is 20.7. The molecular formula is C30H56O17. The topological polar surface area (TPSA) is 297 Å². The lowest BCUT2D eigenvalue weighted by molar-refractivity contribution is -0.391. The molecule has 2 fully saturated rings. The van der Waals surface area contributed by atoms with Gasteiger partial charge in [0.2, 0.25) is 5.79 Å². The van der Waals surface area contributed by atoms with Crippen LogP contribution in [0.25, 0.3) is 0 Å². The molecule has 2 rings (SSSR count). The van der Waals surface area contributed by atoms with Crippen LogP contribution < -0.4 is 0 Å². The van der Waals surface area contributed by atoms with E-state index in [4.69, 9.17) is 18.9 Å². The van der Waals surface area contributed by atoms with Crippen LogP contribution >= 0.6 is 0 Å². The monoisotopic (exact) mass is 688 g/mol. The van der Waals surface area contributed by atoms with E-state index in [0.29, 0.717) is 6.42 Å². The Morgan fingerprint density at radius 3 is 1.74 bits per heavy atom. The van der Waals surface area contributed by atoms with Crippen molar-refractivity contribution in [3.8, 4) is 0 Å². The smallest absolute Gasteiger partial charge is 0.372 e. The van der Waals surface area contributed by atoms with Crippen molar-refractivity contribution < 1.29 is 85.0 Å². The average molecular weight is 689 g/mol. The molecule has 2 heterocycles. The second-order valence-electron chi connectivity index (χ2n) is 12.6. The Bertz CT molecular complexity index is 904. The Balaban J connectivity index is 1.96. The lowest BCUT2D eigenvalue weighted by Gasteiger charge is -2.43. The summed E-state index contributed by atoms with van der Waals surface area (Å²) in [7, 11) is 0. The van der Waals surface area contributed by atoms with Crippen LogP contribution in [0, 0.1) is 0 Å². The van der Waals surface area contributed by atoms with Crippen LogP contribution in [0.5, 0.6) is 0 Å². The van der Waals surface area contributed by atoms with Crippen LogP contribution in [0.15, 0.2) is 0 Å². The summed E-state index contributed by atoms with van der Waals surface area (Å²) in [6.45, 7) is -0.987. The highest BCUT2D eigenvalue weighted by molar-refractivity contribution is 5.78. The number of carbonyl (C=O) groups is 1. The van der Waals surface area contributed by atoms with Gasteiger partial charge in [0, 0.05) is 0 Å².